The van der Waals surface area contributed by atoms with Gasteiger partial charge in [0.15, 0.2) is 5.76 Å². The Morgan fingerprint density at radius 2 is 1.95 bits per heavy atom. The Bertz CT molecular complexity index is 1630. The van der Waals surface area contributed by atoms with Crippen molar-refractivity contribution in [1.29, 1.82) is 0 Å². The number of aromatic nitrogens is 3. The molecule has 7 nitrogen and oxygen atoms in total. The lowest BCUT2D eigenvalue weighted by Gasteiger charge is -2.14. The zero-order chi connectivity index (χ0) is 27.2. The highest BCUT2D eigenvalue weighted by Crippen LogP contribution is 2.29. The Balaban J connectivity index is 1.75. The van der Waals surface area contributed by atoms with Gasteiger partial charge >= 0.3 is 5.97 Å². The fourth-order valence-electron chi connectivity index (χ4n) is 4.15. The van der Waals surface area contributed by atoms with Crippen molar-refractivity contribution >= 4 is 22.6 Å². The van der Waals surface area contributed by atoms with Gasteiger partial charge in [0.1, 0.15) is 17.3 Å². The number of hydrogen-bond acceptors (Lipinski definition) is 5. The minimum atomic E-state index is -0.884. The second-order valence-corrected chi connectivity index (χ2v) is 8.89. The molecule has 0 aliphatic heterocycles. The number of halogens is 1. The van der Waals surface area contributed by atoms with Gasteiger partial charge in [-0.1, -0.05) is 48.1 Å². The van der Waals surface area contributed by atoms with Crippen LogP contribution in [-0.2, 0) is 11.2 Å². The summed E-state index contributed by atoms with van der Waals surface area (Å²) in [4.78, 5) is 29.2. The molecule has 2 aromatic heterocycles. The molecule has 0 amide bonds. The lowest BCUT2D eigenvalue weighted by Crippen LogP contribution is -2.24. The van der Waals surface area contributed by atoms with E-state index >= 15 is 0 Å². The fourth-order valence-corrected chi connectivity index (χ4v) is 4.15. The van der Waals surface area contributed by atoms with Crippen molar-refractivity contribution in [2.24, 2.45) is 0 Å². The molecule has 8 heteroatoms. The number of rotatable bonds is 10. The number of carboxylic acid groups (broad SMARTS) is 1. The van der Waals surface area contributed by atoms with E-state index < -0.39 is 11.8 Å². The van der Waals surface area contributed by atoms with Crippen LogP contribution in [-0.4, -0.2) is 25.8 Å². The van der Waals surface area contributed by atoms with Gasteiger partial charge in [-0.05, 0) is 56.5 Å². The molecule has 0 saturated carbocycles. The molecule has 0 aliphatic rings. The lowest BCUT2D eigenvalue weighted by molar-refractivity contribution is -0.137. The largest absolute Gasteiger partial charge is 0.481 e. The van der Waals surface area contributed by atoms with E-state index in [1.807, 2.05) is 37.3 Å². The normalized spacial score (nSPS) is 11.9. The number of aliphatic carboxylic acids is 1. The summed E-state index contributed by atoms with van der Waals surface area (Å²) in [6.07, 6.45) is 5.25. The number of carbonyl (C=O) groups is 1. The fraction of sp³-hybridized carbons (Fsp3) is 0.200. The summed E-state index contributed by atoms with van der Waals surface area (Å²) in [5.74, 6) is -0.290. The average Bonchev–Trinajstić information content (AvgIpc) is 3.39. The predicted octanol–water partition coefficient (Wildman–Crippen LogP) is 6.72. The number of fused-ring (bicyclic) bond motifs is 1. The first-order valence-electron chi connectivity index (χ1n) is 12.3. The molecule has 0 saturated heterocycles. The summed E-state index contributed by atoms with van der Waals surface area (Å²) in [6, 6.07) is 14.9. The molecule has 0 unspecified atom stereocenters. The molecule has 0 atom stereocenters. The first-order valence-corrected chi connectivity index (χ1v) is 12.3. The first kappa shape index (κ1) is 26.5. The molecule has 4 rings (SSSR count). The van der Waals surface area contributed by atoms with Gasteiger partial charge in [-0.2, -0.15) is 0 Å². The summed E-state index contributed by atoms with van der Waals surface area (Å²) in [6.45, 7) is 7.51. The smallest absolute Gasteiger partial charge is 0.303 e. The number of benzene rings is 2. The molecule has 194 valence electrons. The van der Waals surface area contributed by atoms with Crippen LogP contribution in [0.25, 0.3) is 39.2 Å². The molecule has 4 aromatic rings. The number of unbranched alkanes of at least 4 members (excludes halogenated alkanes) is 1. The minimum Gasteiger partial charge on any atom is -0.481 e. The van der Waals surface area contributed by atoms with Gasteiger partial charge in [-0.15, -0.1) is 0 Å². The van der Waals surface area contributed by atoms with Crippen molar-refractivity contribution in [3.8, 4) is 22.6 Å². The van der Waals surface area contributed by atoms with Gasteiger partial charge < -0.3 is 9.63 Å². The zero-order valence-corrected chi connectivity index (χ0v) is 21.3. The van der Waals surface area contributed by atoms with E-state index in [1.54, 1.807) is 25.1 Å². The van der Waals surface area contributed by atoms with Gasteiger partial charge in [-0.25, -0.2) is 9.37 Å². The number of aryl methyl sites for hydroxylation is 2. The van der Waals surface area contributed by atoms with E-state index in [0.717, 1.165) is 16.7 Å². The van der Waals surface area contributed by atoms with E-state index in [9.17, 15) is 14.0 Å². The second kappa shape index (κ2) is 11.6. The van der Waals surface area contributed by atoms with Gasteiger partial charge in [0, 0.05) is 35.7 Å². The van der Waals surface area contributed by atoms with Gasteiger partial charge in [0.2, 0.25) is 0 Å². The lowest BCUT2D eigenvalue weighted by atomic mass is 10.0. The minimum absolute atomic E-state index is 0.0185. The highest BCUT2D eigenvalue weighted by Gasteiger charge is 2.16. The second-order valence-electron chi connectivity index (χ2n) is 8.89. The number of allylic oxidation sites excluding steroid dienone is 5. The number of carboxylic acids is 1. The monoisotopic (exact) mass is 513 g/mol. The van der Waals surface area contributed by atoms with Crippen LogP contribution in [0.2, 0.25) is 0 Å². The van der Waals surface area contributed by atoms with Crippen LogP contribution in [0.1, 0.15) is 37.6 Å². The Hall–Kier alpha value is -4.59. The summed E-state index contributed by atoms with van der Waals surface area (Å²) in [7, 11) is 0. The van der Waals surface area contributed by atoms with E-state index in [0.29, 0.717) is 47.4 Å². The van der Waals surface area contributed by atoms with Crippen LogP contribution >= 0.6 is 0 Å². The third kappa shape index (κ3) is 5.86. The zero-order valence-electron chi connectivity index (χ0n) is 21.3. The van der Waals surface area contributed by atoms with Crippen molar-refractivity contribution in [3.05, 3.63) is 101 Å². The Morgan fingerprint density at radius 3 is 2.68 bits per heavy atom. The molecule has 0 spiro atoms. The molecule has 1 N–H and O–H groups in total. The van der Waals surface area contributed by atoms with Gasteiger partial charge in [0.25, 0.3) is 5.56 Å². The first-order chi connectivity index (χ1) is 18.3. The van der Waals surface area contributed by atoms with Crippen LogP contribution in [0.3, 0.4) is 0 Å². The average molecular weight is 514 g/mol. The van der Waals surface area contributed by atoms with Crippen molar-refractivity contribution in [3.63, 3.8) is 0 Å². The third-order valence-electron chi connectivity index (χ3n) is 6.19. The SMILES string of the molecule is C=C(/C=C\C(F)=C/C)n1c(CCCCC(=O)O)nc2cc(-c3cc(-c4ccccc4C)on3)ccc2c1=O. The highest BCUT2D eigenvalue weighted by atomic mass is 19.1. The molecule has 0 radical (unpaired) electrons. The summed E-state index contributed by atoms with van der Waals surface area (Å²) >= 11 is 0. The van der Waals surface area contributed by atoms with Gasteiger partial charge in [0.05, 0.1) is 10.9 Å². The van der Waals surface area contributed by atoms with E-state index in [-0.39, 0.29) is 17.7 Å². The van der Waals surface area contributed by atoms with E-state index in [4.69, 9.17) is 14.6 Å². The maximum Gasteiger partial charge on any atom is 0.303 e. The molecule has 38 heavy (non-hydrogen) atoms. The summed E-state index contributed by atoms with van der Waals surface area (Å²) in [5.41, 5.74) is 3.73. The number of hydrogen-bond donors (Lipinski definition) is 1. The summed E-state index contributed by atoms with van der Waals surface area (Å²) in [5, 5.41) is 13.6. The molecule has 2 aromatic carbocycles. The predicted molar refractivity (Wildman–Crippen MR) is 146 cm³/mol. The molecule has 0 bridgehead atoms. The number of nitrogens with zero attached hydrogens (tertiary/aromatic N) is 3. The molecule has 0 aliphatic carbocycles. The topological polar surface area (TPSA) is 98.2 Å². The molecule has 2 heterocycles. The van der Waals surface area contributed by atoms with E-state index in [2.05, 4.69) is 11.7 Å². The maximum atomic E-state index is 13.7. The van der Waals surface area contributed by atoms with Crippen LogP contribution in [0.4, 0.5) is 4.39 Å². The van der Waals surface area contributed by atoms with Crippen molar-refractivity contribution in [2.75, 3.05) is 0 Å². The Morgan fingerprint density at radius 1 is 1.16 bits per heavy atom. The van der Waals surface area contributed by atoms with E-state index in [1.165, 1.54) is 22.8 Å². The highest BCUT2D eigenvalue weighted by molar-refractivity contribution is 5.84. The summed E-state index contributed by atoms with van der Waals surface area (Å²) < 4.78 is 20.6. The molecular formula is C30H28FN3O4. The standard InChI is InChI=1S/C30H28FN3O4/c1-4-22(31)15-13-20(3)34-28(11-7-8-12-29(35)36)32-26-17-21(14-16-24(26)30(34)37)25-18-27(38-33-25)23-10-6-5-9-19(23)2/h4-6,9-10,13-18H,3,7-8,11-12H2,1-2H3,(H,35,36)/b15-13-,22-4+. The third-order valence-corrected chi connectivity index (χ3v) is 6.19. The van der Waals surface area contributed by atoms with Crippen LogP contribution < -0.4 is 5.56 Å². The Kier molecular flexibility index (Phi) is 8.11. The quantitative estimate of drug-likeness (QED) is 0.187. The maximum absolute atomic E-state index is 13.7. The Labute approximate surface area is 219 Å². The molecular weight excluding hydrogens is 485 g/mol. The van der Waals surface area contributed by atoms with Crippen LogP contribution in [0.15, 0.2) is 88.5 Å². The van der Waals surface area contributed by atoms with Crippen molar-refractivity contribution < 1.29 is 18.8 Å². The van der Waals surface area contributed by atoms with Crippen molar-refractivity contribution in [2.45, 2.75) is 39.5 Å². The van der Waals surface area contributed by atoms with Gasteiger partial charge in [-0.3, -0.25) is 14.2 Å². The van der Waals surface area contributed by atoms with Crippen molar-refractivity contribution in [1.82, 2.24) is 14.7 Å². The van der Waals surface area contributed by atoms with Crippen LogP contribution in [0, 0.1) is 6.92 Å². The van der Waals surface area contributed by atoms with Crippen LogP contribution in [0.5, 0.6) is 0 Å². The molecule has 0 fully saturated rings.